The summed E-state index contributed by atoms with van der Waals surface area (Å²) in [6.45, 7) is 2.42. The average Bonchev–Trinajstić information content (AvgIpc) is 3.01. The lowest BCUT2D eigenvalue weighted by atomic mass is 10.0. The van der Waals surface area contributed by atoms with E-state index in [1.807, 2.05) is 24.3 Å². The first-order valence-electron chi connectivity index (χ1n) is 9.21. The lowest BCUT2D eigenvalue weighted by Gasteiger charge is -2.11. The number of nitrogens with two attached hydrogens (primary N) is 1. The molecule has 0 saturated heterocycles. The summed E-state index contributed by atoms with van der Waals surface area (Å²) in [6, 6.07) is 17.7. The summed E-state index contributed by atoms with van der Waals surface area (Å²) in [7, 11) is 0. The van der Waals surface area contributed by atoms with Crippen molar-refractivity contribution in [1.29, 1.82) is 0 Å². The molecule has 1 heterocycles. The van der Waals surface area contributed by atoms with Crippen LogP contribution in [0.1, 0.15) is 34.0 Å². The molecule has 3 nitrogen and oxygen atoms in total. The van der Waals surface area contributed by atoms with E-state index in [9.17, 15) is 18.0 Å². The number of rotatable bonds is 4. The van der Waals surface area contributed by atoms with E-state index >= 15 is 0 Å². The summed E-state index contributed by atoms with van der Waals surface area (Å²) in [5.74, 6) is -0.629. The second-order valence-corrected chi connectivity index (χ2v) is 6.97. The molecule has 4 aromatic rings. The number of hydrogen-bond acceptors (Lipinski definition) is 1. The number of carbonyl (C=O) groups excluding carboxylic acids is 1. The zero-order chi connectivity index (χ0) is 20.8. The van der Waals surface area contributed by atoms with Gasteiger partial charge in [0, 0.05) is 22.9 Å². The van der Waals surface area contributed by atoms with Crippen molar-refractivity contribution in [3.05, 3.63) is 82.9 Å². The molecule has 6 heteroatoms. The van der Waals surface area contributed by atoms with Gasteiger partial charge in [-0.25, -0.2) is 0 Å². The van der Waals surface area contributed by atoms with Gasteiger partial charge in [-0.3, -0.25) is 4.79 Å². The fourth-order valence-corrected chi connectivity index (χ4v) is 3.66. The second-order valence-electron chi connectivity index (χ2n) is 6.97. The van der Waals surface area contributed by atoms with E-state index in [-0.39, 0.29) is 5.56 Å². The molecular formula is C23H18F3N2O. The van der Waals surface area contributed by atoms with E-state index in [2.05, 4.69) is 13.0 Å². The van der Waals surface area contributed by atoms with Gasteiger partial charge in [0.25, 0.3) is 0 Å². The first kappa shape index (κ1) is 19.1. The lowest BCUT2D eigenvalue weighted by molar-refractivity contribution is -0.137. The quantitative estimate of drug-likeness (QED) is 0.499. The Kier molecular flexibility index (Phi) is 4.57. The summed E-state index contributed by atoms with van der Waals surface area (Å²) < 4.78 is 41.7. The molecule has 1 radical (unpaired) electrons. The highest BCUT2D eigenvalue weighted by Gasteiger charge is 2.31. The topological polar surface area (TPSA) is 48.0 Å². The van der Waals surface area contributed by atoms with E-state index < -0.39 is 17.6 Å². The zero-order valence-electron chi connectivity index (χ0n) is 15.7. The van der Waals surface area contributed by atoms with E-state index in [1.54, 1.807) is 22.8 Å². The summed E-state index contributed by atoms with van der Waals surface area (Å²) in [5, 5.41) is 0.974. The van der Waals surface area contributed by atoms with Crippen molar-refractivity contribution >= 4 is 27.7 Å². The smallest absolute Gasteiger partial charge is 0.366 e. The Labute approximate surface area is 165 Å². The predicted octanol–water partition coefficient (Wildman–Crippen LogP) is 5.32. The third-order valence-electron chi connectivity index (χ3n) is 5.16. The zero-order valence-corrected chi connectivity index (χ0v) is 15.7. The third-order valence-corrected chi connectivity index (χ3v) is 5.16. The van der Waals surface area contributed by atoms with Gasteiger partial charge >= 0.3 is 6.18 Å². The molecule has 4 rings (SSSR count). The van der Waals surface area contributed by atoms with E-state index in [0.29, 0.717) is 28.4 Å². The number of nitrogens with zero attached hydrogens (tertiary/aromatic N) is 1. The van der Waals surface area contributed by atoms with Crippen molar-refractivity contribution in [1.82, 2.24) is 4.57 Å². The van der Waals surface area contributed by atoms with Crippen LogP contribution in [0.4, 0.5) is 13.2 Å². The molecule has 0 fully saturated rings. The summed E-state index contributed by atoms with van der Waals surface area (Å²) in [6.07, 6.45) is -3.58. The predicted molar refractivity (Wildman–Crippen MR) is 107 cm³/mol. The molecule has 0 atom stereocenters. The molecule has 3 aromatic carbocycles. The number of aromatic nitrogens is 1. The van der Waals surface area contributed by atoms with Gasteiger partial charge in [0.1, 0.15) is 0 Å². The molecule has 29 heavy (non-hydrogen) atoms. The number of primary amides is 1. The lowest BCUT2D eigenvalue weighted by Crippen LogP contribution is -2.11. The molecule has 2 N–H and O–H groups in total. The van der Waals surface area contributed by atoms with Crippen LogP contribution in [0.2, 0.25) is 0 Å². The second kappa shape index (κ2) is 6.95. The minimum absolute atomic E-state index is 0.267. The average molecular weight is 395 g/mol. The van der Waals surface area contributed by atoms with Crippen LogP contribution >= 0.6 is 0 Å². The van der Waals surface area contributed by atoms with E-state index in [4.69, 9.17) is 5.73 Å². The van der Waals surface area contributed by atoms with Gasteiger partial charge < -0.3 is 10.3 Å². The number of amides is 1. The largest absolute Gasteiger partial charge is 0.416 e. The molecule has 147 valence electrons. The number of halogens is 3. The fourth-order valence-electron chi connectivity index (χ4n) is 3.66. The Morgan fingerprint density at radius 2 is 1.76 bits per heavy atom. The molecule has 0 bridgehead atoms. The Morgan fingerprint density at radius 1 is 1.07 bits per heavy atom. The maximum atomic E-state index is 13.3. The standard InChI is InChI=1S/C23H18F3N2O/c1-2-14-6-8-15(9-7-14)13-28-19-5-3-4-18(22(27)29)21(19)17-11-10-16(12-20(17)28)23(24,25)26/h3-10,12H,2,13H2,1H3,(H2,27,29). The fraction of sp³-hybridized carbons (Fsp3) is 0.174. The van der Waals surface area contributed by atoms with E-state index in [0.717, 1.165) is 24.1 Å². The monoisotopic (exact) mass is 395 g/mol. The molecular weight excluding hydrogens is 377 g/mol. The number of fused-ring (bicyclic) bond motifs is 3. The van der Waals surface area contributed by atoms with Crippen LogP contribution in [-0.4, -0.2) is 10.5 Å². The number of hydrogen-bond donors (Lipinski definition) is 1. The number of alkyl halides is 3. The highest BCUT2D eigenvalue weighted by Crippen LogP contribution is 2.36. The van der Waals surface area contributed by atoms with Crippen molar-refractivity contribution in [2.75, 3.05) is 0 Å². The van der Waals surface area contributed by atoms with Crippen molar-refractivity contribution in [3.8, 4) is 0 Å². The highest BCUT2D eigenvalue weighted by atomic mass is 19.4. The van der Waals surface area contributed by atoms with Crippen LogP contribution in [0.15, 0.2) is 54.6 Å². The van der Waals surface area contributed by atoms with Crippen LogP contribution in [0.3, 0.4) is 0 Å². The minimum Gasteiger partial charge on any atom is -0.366 e. The van der Waals surface area contributed by atoms with Gasteiger partial charge in [-0.1, -0.05) is 37.3 Å². The summed E-state index contributed by atoms with van der Waals surface area (Å²) in [4.78, 5) is 11.9. The minimum atomic E-state index is -4.48. The van der Waals surface area contributed by atoms with Crippen molar-refractivity contribution in [2.24, 2.45) is 5.73 Å². The van der Waals surface area contributed by atoms with Gasteiger partial charge in [-0.05, 0) is 47.9 Å². The molecule has 0 unspecified atom stereocenters. The highest BCUT2D eigenvalue weighted by molar-refractivity contribution is 6.17. The van der Waals surface area contributed by atoms with Gasteiger partial charge in [0.15, 0.2) is 0 Å². The van der Waals surface area contributed by atoms with Crippen LogP contribution in [-0.2, 0) is 19.1 Å². The summed E-state index contributed by atoms with van der Waals surface area (Å²) >= 11 is 0. The maximum absolute atomic E-state index is 13.3. The molecule has 0 saturated carbocycles. The number of aryl methyl sites for hydroxylation is 1. The number of benzene rings is 3. The molecule has 0 aliphatic carbocycles. The van der Waals surface area contributed by atoms with Gasteiger partial charge in [-0.2, -0.15) is 13.2 Å². The maximum Gasteiger partial charge on any atom is 0.416 e. The van der Waals surface area contributed by atoms with Crippen LogP contribution < -0.4 is 5.73 Å². The van der Waals surface area contributed by atoms with Gasteiger partial charge in [0.2, 0.25) is 5.91 Å². The van der Waals surface area contributed by atoms with Crippen molar-refractivity contribution in [3.63, 3.8) is 0 Å². The van der Waals surface area contributed by atoms with Crippen molar-refractivity contribution in [2.45, 2.75) is 26.1 Å². The summed E-state index contributed by atoms with van der Waals surface area (Å²) in [5.41, 5.74) is 8.14. The molecule has 1 amide bonds. The normalized spacial score (nSPS) is 12.0. The van der Waals surface area contributed by atoms with Gasteiger partial charge in [0.05, 0.1) is 16.6 Å². The SMILES string of the molecule is CCc1ccc(Cn2c3cc(C(F)(F)F)c[c]c3c3c(C(N)=O)cccc32)cc1. The molecule has 0 aliphatic rings. The third kappa shape index (κ3) is 3.35. The first-order chi connectivity index (χ1) is 13.8. The Balaban J connectivity index is 2.00. The van der Waals surface area contributed by atoms with Crippen LogP contribution in [0.25, 0.3) is 21.8 Å². The van der Waals surface area contributed by atoms with Gasteiger partial charge in [-0.15, -0.1) is 0 Å². The molecule has 0 aliphatic heterocycles. The Morgan fingerprint density at radius 3 is 2.38 bits per heavy atom. The number of carbonyl (C=O) groups is 1. The first-order valence-corrected chi connectivity index (χ1v) is 9.21. The van der Waals surface area contributed by atoms with Crippen LogP contribution in [0, 0.1) is 6.07 Å². The van der Waals surface area contributed by atoms with Crippen LogP contribution in [0.5, 0.6) is 0 Å². The Bertz CT molecular complexity index is 1220. The molecule has 1 aromatic heterocycles. The van der Waals surface area contributed by atoms with E-state index in [1.165, 1.54) is 5.56 Å². The molecule has 0 spiro atoms. The van der Waals surface area contributed by atoms with Crippen molar-refractivity contribution < 1.29 is 18.0 Å². The Hall–Kier alpha value is -3.28.